The zero-order valence-corrected chi connectivity index (χ0v) is 23.4. The number of benzene rings is 1. The second-order valence-electron chi connectivity index (χ2n) is 9.57. The molecule has 0 radical (unpaired) electrons. The van der Waals surface area contributed by atoms with E-state index in [1.54, 1.807) is 5.56 Å². The normalized spacial score (nSPS) is 12.0. The van der Waals surface area contributed by atoms with E-state index < -0.39 is 26.5 Å². The van der Waals surface area contributed by atoms with E-state index in [-0.39, 0.29) is 0 Å². The van der Waals surface area contributed by atoms with Crippen LogP contribution < -0.4 is 3.58 Å². The summed E-state index contributed by atoms with van der Waals surface area (Å²) < 4.78 is 6.42. The van der Waals surface area contributed by atoms with Gasteiger partial charge in [-0.3, -0.25) is 0 Å². The Morgan fingerprint density at radius 1 is 0.778 bits per heavy atom. The first kappa shape index (κ1) is 24.8. The molecule has 0 aliphatic heterocycles. The number of aryl methyl sites for hydroxylation is 2. The molecule has 0 fully saturated rings. The molecule has 0 spiro atoms. The summed E-state index contributed by atoms with van der Waals surface area (Å²) in [4.78, 5) is 0. The van der Waals surface area contributed by atoms with E-state index in [1.165, 1.54) is 63.0 Å². The van der Waals surface area contributed by atoms with Crippen molar-refractivity contribution >= 4 is 30.0 Å². The molecule has 0 unspecified atom stereocenters. The second-order valence-corrected chi connectivity index (χ2v) is 27.5. The van der Waals surface area contributed by atoms with E-state index in [9.17, 15) is 0 Å². The van der Waals surface area contributed by atoms with Crippen LogP contribution in [-0.2, 0) is 0 Å². The van der Waals surface area contributed by atoms with Gasteiger partial charge in [0.05, 0.1) is 0 Å². The molecule has 0 saturated heterocycles. The van der Waals surface area contributed by atoms with Crippen LogP contribution in [0.15, 0.2) is 12.1 Å². The average Bonchev–Trinajstić information content (AvgIpc) is 2.60. The van der Waals surface area contributed by atoms with E-state index in [1.807, 2.05) is 3.58 Å². The van der Waals surface area contributed by atoms with E-state index in [0.717, 1.165) is 0 Å². The number of hydrogen-bond donors (Lipinski definition) is 0. The van der Waals surface area contributed by atoms with Gasteiger partial charge in [0, 0.05) is 0 Å². The predicted octanol–water partition coefficient (Wildman–Crippen LogP) is 7.59. The van der Waals surface area contributed by atoms with Gasteiger partial charge < -0.3 is 0 Å². The van der Waals surface area contributed by atoms with Gasteiger partial charge in [-0.15, -0.1) is 0 Å². The Morgan fingerprint density at radius 2 is 1.26 bits per heavy atom. The summed E-state index contributed by atoms with van der Waals surface area (Å²) in [6, 6.07) is 5.04. The summed E-state index contributed by atoms with van der Waals surface area (Å²) in [6.07, 6.45) is 8.28. The van der Waals surface area contributed by atoms with Gasteiger partial charge >= 0.3 is 176 Å². The molecule has 1 rings (SSSR count). The first-order valence-corrected chi connectivity index (χ1v) is 22.3. The van der Waals surface area contributed by atoms with Gasteiger partial charge in [-0.05, 0) is 0 Å². The van der Waals surface area contributed by atoms with Crippen LogP contribution in [0.2, 0.25) is 33.0 Å². The molecule has 1 aromatic carbocycles. The SMILES string of the molecule is CCC[CH2][Sn]([CH2]CCC)([CH2]CCC)[c]1cc(C#C[Si](C)(C)C)c(C)cc1C. The molecule has 0 bridgehead atoms. The third kappa shape index (κ3) is 7.98. The number of rotatable bonds is 10. The van der Waals surface area contributed by atoms with Crippen LogP contribution in [-0.4, -0.2) is 26.5 Å². The van der Waals surface area contributed by atoms with Crippen LogP contribution in [0.25, 0.3) is 0 Å². The van der Waals surface area contributed by atoms with Crippen molar-refractivity contribution in [1.82, 2.24) is 0 Å². The van der Waals surface area contributed by atoms with Crippen molar-refractivity contribution in [2.24, 2.45) is 0 Å². The topological polar surface area (TPSA) is 0 Å². The molecule has 27 heavy (non-hydrogen) atoms. The summed E-state index contributed by atoms with van der Waals surface area (Å²) in [5.74, 6) is 3.61. The van der Waals surface area contributed by atoms with Crippen LogP contribution in [0.4, 0.5) is 0 Å². The predicted molar refractivity (Wildman–Crippen MR) is 131 cm³/mol. The van der Waals surface area contributed by atoms with Crippen molar-refractivity contribution in [3.05, 3.63) is 28.8 Å². The fourth-order valence-corrected chi connectivity index (χ4v) is 21.8. The van der Waals surface area contributed by atoms with Gasteiger partial charge in [0.2, 0.25) is 0 Å². The van der Waals surface area contributed by atoms with Crippen molar-refractivity contribution in [2.75, 3.05) is 0 Å². The fraction of sp³-hybridized carbons (Fsp3) is 0.680. The molecule has 1 aromatic rings. The van der Waals surface area contributed by atoms with Gasteiger partial charge in [-0.2, -0.15) is 0 Å². The molecule has 0 amide bonds. The van der Waals surface area contributed by atoms with Crippen molar-refractivity contribution in [1.29, 1.82) is 0 Å². The van der Waals surface area contributed by atoms with Gasteiger partial charge in [-0.1, -0.05) is 0 Å². The monoisotopic (exact) mass is 492 g/mol. The Kier molecular flexibility index (Phi) is 10.8. The zero-order valence-electron chi connectivity index (χ0n) is 19.5. The molecule has 0 aliphatic rings. The molecule has 152 valence electrons. The maximum absolute atomic E-state index is 3.62. The van der Waals surface area contributed by atoms with Gasteiger partial charge in [-0.25, -0.2) is 0 Å². The molecule has 0 aliphatic carbocycles. The van der Waals surface area contributed by atoms with Crippen molar-refractivity contribution in [3.63, 3.8) is 0 Å². The Morgan fingerprint density at radius 3 is 1.67 bits per heavy atom. The van der Waals surface area contributed by atoms with Gasteiger partial charge in [0.25, 0.3) is 0 Å². The molecule has 0 atom stereocenters. The first-order valence-electron chi connectivity index (χ1n) is 11.3. The molecular weight excluding hydrogens is 447 g/mol. The summed E-state index contributed by atoms with van der Waals surface area (Å²) in [6.45, 7) is 18.8. The van der Waals surface area contributed by atoms with E-state index in [2.05, 4.69) is 77.9 Å². The third-order valence-electron chi connectivity index (χ3n) is 5.74. The van der Waals surface area contributed by atoms with E-state index >= 15 is 0 Å². The van der Waals surface area contributed by atoms with Crippen LogP contribution in [0.1, 0.15) is 76.0 Å². The minimum absolute atomic E-state index is 1.32. The molecule has 0 N–H and O–H groups in total. The minimum atomic E-state index is -2.39. The van der Waals surface area contributed by atoms with Crippen LogP contribution in [0.3, 0.4) is 0 Å². The van der Waals surface area contributed by atoms with Gasteiger partial charge in [0.15, 0.2) is 0 Å². The van der Waals surface area contributed by atoms with E-state index in [4.69, 9.17) is 0 Å². The van der Waals surface area contributed by atoms with Crippen molar-refractivity contribution in [3.8, 4) is 11.5 Å². The summed E-state index contributed by atoms with van der Waals surface area (Å²) >= 11 is -2.39. The molecular formula is C25H44SiSn. The zero-order chi connectivity index (χ0) is 20.5. The maximum atomic E-state index is 3.62. The second kappa shape index (κ2) is 11.7. The Labute approximate surface area is 175 Å². The summed E-state index contributed by atoms with van der Waals surface area (Å²) in [5, 5.41) is 0. The van der Waals surface area contributed by atoms with Crippen LogP contribution in [0, 0.1) is 25.3 Å². The molecule has 0 nitrogen and oxygen atoms in total. The molecule has 0 aromatic heterocycles. The summed E-state index contributed by atoms with van der Waals surface area (Å²) in [7, 11) is -1.35. The fourth-order valence-electron chi connectivity index (χ4n) is 4.14. The van der Waals surface area contributed by atoms with Crippen LogP contribution in [0.5, 0.6) is 0 Å². The molecule has 0 saturated carbocycles. The molecule has 0 heterocycles. The number of hydrogen-bond acceptors (Lipinski definition) is 0. The van der Waals surface area contributed by atoms with Crippen molar-refractivity contribution < 1.29 is 0 Å². The van der Waals surface area contributed by atoms with E-state index in [0.29, 0.717) is 0 Å². The summed E-state index contributed by atoms with van der Waals surface area (Å²) in [5.41, 5.74) is 7.89. The van der Waals surface area contributed by atoms with Gasteiger partial charge in [0.1, 0.15) is 0 Å². The Hall–Kier alpha value is -0.204. The Bertz CT molecular complexity index is 621. The average molecular weight is 491 g/mol. The molecule has 2 heteroatoms. The standard InChI is InChI=1S/C13H17Si.3C4H9.Sn/c1-11-6-7-13(12(2)10-11)8-9-14(3,4)5;3*1-3-4-2;/h7,10H,1-5H3;3*1,3-4H2,2H3;. The Balaban J connectivity index is 3.49. The first-order chi connectivity index (χ1) is 12.7. The number of unbranched alkanes of at least 4 members (excludes halogenated alkanes) is 3. The van der Waals surface area contributed by atoms with Crippen LogP contribution >= 0.6 is 0 Å². The third-order valence-corrected chi connectivity index (χ3v) is 22.6. The quantitative estimate of drug-likeness (QED) is 0.234. The van der Waals surface area contributed by atoms with Crippen molar-refractivity contribution in [2.45, 2.75) is 106 Å².